The SMILES string of the molecule is O=C(O)CN1C(=O)/C(=C/c2cn(-c3ccccc3)nc2C23CC4CC(CC(C4)C2)C3)SC1=S. The number of thiocarbonyl (C=S) groups is 1. The number of aromatic nitrogens is 2. The van der Waals surface area contributed by atoms with E-state index in [9.17, 15) is 9.59 Å². The zero-order chi connectivity index (χ0) is 22.7. The molecule has 8 heteroatoms. The molecule has 4 saturated carbocycles. The van der Waals surface area contributed by atoms with E-state index in [0.717, 1.165) is 34.7 Å². The van der Waals surface area contributed by atoms with Crippen molar-refractivity contribution in [1.82, 2.24) is 14.7 Å². The number of carbonyl (C=O) groups is 2. The summed E-state index contributed by atoms with van der Waals surface area (Å²) in [5, 5.41) is 14.3. The molecule has 4 bridgehead atoms. The number of carboxylic acids is 1. The van der Waals surface area contributed by atoms with Gasteiger partial charge in [0, 0.05) is 17.2 Å². The number of carbonyl (C=O) groups excluding carboxylic acids is 1. The minimum atomic E-state index is -1.07. The number of carboxylic acid groups (broad SMARTS) is 1. The van der Waals surface area contributed by atoms with Crippen molar-refractivity contribution in [1.29, 1.82) is 0 Å². The van der Waals surface area contributed by atoms with E-state index in [4.69, 9.17) is 22.4 Å². The van der Waals surface area contributed by atoms with E-state index in [0.29, 0.717) is 9.23 Å². The molecule has 170 valence electrons. The molecular formula is C25H25N3O3S2. The summed E-state index contributed by atoms with van der Waals surface area (Å²) in [6, 6.07) is 10.1. The molecule has 0 unspecified atom stereocenters. The molecule has 1 N–H and O–H groups in total. The number of aliphatic carboxylic acids is 1. The van der Waals surface area contributed by atoms with Gasteiger partial charge in [-0.3, -0.25) is 14.5 Å². The highest BCUT2D eigenvalue weighted by Gasteiger charge is 2.53. The maximum absolute atomic E-state index is 13.0. The van der Waals surface area contributed by atoms with E-state index >= 15 is 0 Å². The van der Waals surface area contributed by atoms with E-state index in [1.54, 1.807) is 0 Å². The molecule has 1 aromatic heterocycles. The van der Waals surface area contributed by atoms with Crippen LogP contribution in [0, 0.1) is 17.8 Å². The van der Waals surface area contributed by atoms with Crippen LogP contribution in [-0.4, -0.2) is 42.5 Å². The van der Waals surface area contributed by atoms with Crippen molar-refractivity contribution in [3.8, 4) is 5.69 Å². The number of para-hydroxylation sites is 1. The van der Waals surface area contributed by atoms with Crippen molar-refractivity contribution in [2.75, 3.05) is 6.54 Å². The first kappa shape index (κ1) is 21.1. The van der Waals surface area contributed by atoms with Crippen molar-refractivity contribution < 1.29 is 14.7 Å². The molecule has 1 amide bonds. The molecule has 4 aliphatic carbocycles. The van der Waals surface area contributed by atoms with Gasteiger partial charge in [-0.1, -0.05) is 42.2 Å². The minimum Gasteiger partial charge on any atom is -0.480 e. The van der Waals surface area contributed by atoms with Gasteiger partial charge in [0.05, 0.1) is 16.3 Å². The Bertz CT molecular complexity index is 1150. The third kappa shape index (κ3) is 3.64. The predicted octanol–water partition coefficient (Wildman–Crippen LogP) is 4.63. The summed E-state index contributed by atoms with van der Waals surface area (Å²) in [5.74, 6) is 0.925. The highest BCUT2D eigenvalue weighted by molar-refractivity contribution is 8.26. The molecule has 1 saturated heterocycles. The Hall–Kier alpha value is -2.45. The van der Waals surface area contributed by atoms with E-state index in [1.165, 1.54) is 55.2 Å². The quantitative estimate of drug-likeness (QED) is 0.498. The third-order valence-corrected chi connectivity index (χ3v) is 9.14. The second kappa shape index (κ2) is 7.81. The maximum atomic E-state index is 13.0. The summed E-state index contributed by atoms with van der Waals surface area (Å²) in [6.45, 7) is -0.410. The molecule has 7 rings (SSSR count). The van der Waals surface area contributed by atoms with Gasteiger partial charge in [-0.05, 0) is 74.5 Å². The number of amides is 1. The van der Waals surface area contributed by atoms with Crippen molar-refractivity contribution in [2.24, 2.45) is 17.8 Å². The second-order valence-corrected chi connectivity index (χ2v) is 11.7. The van der Waals surface area contributed by atoms with E-state index < -0.39 is 12.5 Å². The monoisotopic (exact) mass is 479 g/mol. The van der Waals surface area contributed by atoms with Crippen molar-refractivity contribution in [3.63, 3.8) is 0 Å². The van der Waals surface area contributed by atoms with Crippen LogP contribution in [0.4, 0.5) is 0 Å². The third-order valence-electron chi connectivity index (χ3n) is 7.76. The molecular weight excluding hydrogens is 454 g/mol. The number of hydrogen-bond donors (Lipinski definition) is 1. The summed E-state index contributed by atoms with van der Waals surface area (Å²) in [7, 11) is 0. The molecule has 2 heterocycles. The molecule has 0 spiro atoms. The van der Waals surface area contributed by atoms with Gasteiger partial charge < -0.3 is 5.11 Å². The molecule has 0 radical (unpaired) electrons. The lowest BCUT2D eigenvalue weighted by Gasteiger charge is -2.56. The normalized spacial score (nSPS) is 31.7. The first-order valence-corrected chi connectivity index (χ1v) is 12.8. The Morgan fingerprint density at radius 2 is 1.79 bits per heavy atom. The molecule has 1 aliphatic heterocycles. The lowest BCUT2D eigenvalue weighted by Crippen LogP contribution is -2.49. The molecule has 1 aromatic carbocycles. The van der Waals surface area contributed by atoms with Crippen LogP contribution in [0.2, 0.25) is 0 Å². The van der Waals surface area contributed by atoms with Crippen LogP contribution in [0.5, 0.6) is 0 Å². The molecule has 33 heavy (non-hydrogen) atoms. The van der Waals surface area contributed by atoms with Gasteiger partial charge in [-0.15, -0.1) is 0 Å². The van der Waals surface area contributed by atoms with E-state index in [1.807, 2.05) is 47.3 Å². The summed E-state index contributed by atoms with van der Waals surface area (Å²) in [4.78, 5) is 25.8. The van der Waals surface area contributed by atoms with Gasteiger partial charge in [0.1, 0.15) is 10.9 Å². The van der Waals surface area contributed by atoms with Gasteiger partial charge in [0.15, 0.2) is 0 Å². The highest BCUT2D eigenvalue weighted by atomic mass is 32.2. The zero-order valence-electron chi connectivity index (χ0n) is 18.1. The first-order valence-electron chi connectivity index (χ1n) is 11.5. The average molecular weight is 480 g/mol. The largest absolute Gasteiger partial charge is 0.480 e. The summed E-state index contributed by atoms with van der Waals surface area (Å²) < 4.78 is 2.22. The fourth-order valence-corrected chi connectivity index (χ4v) is 8.18. The van der Waals surface area contributed by atoms with Crippen LogP contribution in [0.25, 0.3) is 11.8 Å². The fourth-order valence-electron chi connectivity index (χ4n) is 6.93. The molecule has 5 fully saturated rings. The fraction of sp³-hybridized carbons (Fsp3) is 0.440. The van der Waals surface area contributed by atoms with Gasteiger partial charge >= 0.3 is 5.97 Å². The van der Waals surface area contributed by atoms with Crippen molar-refractivity contribution in [3.05, 3.63) is 52.7 Å². The lowest BCUT2D eigenvalue weighted by molar-refractivity contribution is -0.140. The lowest BCUT2D eigenvalue weighted by atomic mass is 9.48. The maximum Gasteiger partial charge on any atom is 0.323 e. The smallest absolute Gasteiger partial charge is 0.323 e. The van der Waals surface area contributed by atoms with E-state index in [2.05, 4.69) is 0 Å². The Labute approximate surface area is 202 Å². The van der Waals surface area contributed by atoms with E-state index in [-0.39, 0.29) is 11.3 Å². The summed E-state index contributed by atoms with van der Waals surface area (Å²) in [5.41, 5.74) is 3.10. The summed E-state index contributed by atoms with van der Waals surface area (Å²) in [6.07, 6.45) is 11.5. The van der Waals surface area contributed by atoms with Gasteiger partial charge in [-0.2, -0.15) is 5.10 Å². The van der Waals surface area contributed by atoms with Crippen molar-refractivity contribution >= 4 is 46.3 Å². The van der Waals surface area contributed by atoms with Gasteiger partial charge in [-0.25, -0.2) is 4.68 Å². The van der Waals surface area contributed by atoms with Crippen molar-refractivity contribution in [2.45, 2.75) is 43.9 Å². The van der Waals surface area contributed by atoms with Crippen LogP contribution in [-0.2, 0) is 15.0 Å². The van der Waals surface area contributed by atoms with Gasteiger partial charge in [0.25, 0.3) is 5.91 Å². The van der Waals surface area contributed by atoms with Crippen LogP contribution in [0.3, 0.4) is 0 Å². The highest BCUT2D eigenvalue weighted by Crippen LogP contribution is 2.61. The number of rotatable bonds is 5. The number of benzene rings is 1. The predicted molar refractivity (Wildman–Crippen MR) is 131 cm³/mol. The molecule has 2 aromatic rings. The molecule has 5 aliphatic rings. The number of thioether (sulfide) groups is 1. The zero-order valence-corrected chi connectivity index (χ0v) is 19.8. The summed E-state index contributed by atoms with van der Waals surface area (Å²) >= 11 is 6.48. The van der Waals surface area contributed by atoms with Crippen LogP contribution in [0.1, 0.15) is 49.8 Å². The van der Waals surface area contributed by atoms with Gasteiger partial charge in [0.2, 0.25) is 0 Å². The first-order chi connectivity index (χ1) is 15.9. The van der Waals surface area contributed by atoms with Crippen LogP contribution >= 0.6 is 24.0 Å². The van der Waals surface area contributed by atoms with Crippen LogP contribution < -0.4 is 0 Å². The average Bonchev–Trinajstić information content (AvgIpc) is 3.31. The Balaban J connectivity index is 1.43. The standard InChI is InChI=1S/C25H25N3O3S2/c29-21(30)14-27-23(31)20(33-24(27)32)9-18-13-28(19-4-2-1-3-5-19)26-22(18)25-10-15-6-16(11-25)8-17(7-15)12-25/h1-5,9,13,15-17H,6-8,10-12,14H2,(H,29,30)/b20-9-. The number of hydrogen-bond acceptors (Lipinski definition) is 5. The Kier molecular flexibility index (Phi) is 4.99. The second-order valence-electron chi connectivity index (χ2n) is 10.1. The topological polar surface area (TPSA) is 75.4 Å². The molecule has 6 nitrogen and oxygen atoms in total. The number of nitrogens with zero attached hydrogens (tertiary/aromatic N) is 3. The van der Waals surface area contributed by atoms with Crippen LogP contribution in [0.15, 0.2) is 41.4 Å². The Morgan fingerprint density at radius 3 is 2.39 bits per heavy atom. The Morgan fingerprint density at radius 1 is 1.15 bits per heavy atom. The minimum absolute atomic E-state index is 0.0642. The molecule has 0 atom stereocenters.